The minimum atomic E-state index is -2.14. The van der Waals surface area contributed by atoms with Gasteiger partial charge in [-0.15, -0.1) is 0 Å². The average Bonchev–Trinajstić information content (AvgIpc) is 2.39. The topological polar surface area (TPSA) is 12.9 Å². The molecule has 1 heterocycles. The summed E-state index contributed by atoms with van der Waals surface area (Å²) in [6.45, 7) is 5.53. The summed E-state index contributed by atoms with van der Waals surface area (Å²) in [6, 6.07) is 7.27. The molecule has 1 aromatic heterocycles. The van der Waals surface area contributed by atoms with Crippen LogP contribution in [0.25, 0.3) is 11.3 Å². The fraction of sp³-hybridized carbons (Fsp3) is 0.389. The van der Waals surface area contributed by atoms with Crippen LogP contribution in [-0.4, -0.2) is 18.3 Å². The van der Waals surface area contributed by atoms with Gasteiger partial charge in [-0.2, -0.15) is 0 Å². The first-order valence-electron chi connectivity index (χ1n) is 7.78. The molecule has 3 heteroatoms. The molecule has 0 amide bonds. The van der Waals surface area contributed by atoms with Crippen molar-refractivity contribution in [1.29, 1.82) is 0 Å². The molecular formula is C18H24FGeN. The van der Waals surface area contributed by atoms with Crippen LogP contribution < -0.4 is 4.40 Å². The molecule has 0 spiro atoms. The molecule has 2 rings (SSSR count). The van der Waals surface area contributed by atoms with Crippen molar-refractivity contribution in [2.75, 3.05) is 0 Å². The van der Waals surface area contributed by atoms with Crippen molar-refractivity contribution in [3.05, 3.63) is 47.4 Å². The first-order chi connectivity index (χ1) is 10.0. The van der Waals surface area contributed by atoms with Gasteiger partial charge >= 0.3 is 131 Å². The van der Waals surface area contributed by atoms with Gasteiger partial charge in [0.2, 0.25) is 0 Å². The molecule has 0 bridgehead atoms. The number of pyridine rings is 1. The predicted octanol–water partition coefficient (Wildman–Crippen LogP) is 4.86. The summed E-state index contributed by atoms with van der Waals surface area (Å²) in [5.41, 5.74) is 2.72. The van der Waals surface area contributed by atoms with E-state index in [0.717, 1.165) is 5.56 Å². The number of halogens is 1. The molecule has 21 heavy (non-hydrogen) atoms. The standard InChI is InChI=1S/C18H24FGeN/c1-12(2)15-10-17(21-11-16(15)20(4,5)6)14-9-7-8-13(3)18(14)19/h7-12H,1-6H3/i12D. The number of hydrogen-bond acceptors (Lipinski definition) is 1. The molecule has 0 saturated heterocycles. The first kappa shape index (κ1) is 14.8. The Hall–Kier alpha value is -1.16. The van der Waals surface area contributed by atoms with Crippen molar-refractivity contribution >= 4 is 17.7 Å². The third-order valence-electron chi connectivity index (χ3n) is 3.72. The van der Waals surface area contributed by atoms with E-state index in [1.165, 1.54) is 4.40 Å². The van der Waals surface area contributed by atoms with Crippen molar-refractivity contribution in [3.63, 3.8) is 0 Å². The van der Waals surface area contributed by atoms with E-state index in [1.807, 2.05) is 32.2 Å². The summed E-state index contributed by atoms with van der Waals surface area (Å²) >= 11 is -2.14. The zero-order chi connectivity index (χ0) is 16.7. The molecule has 112 valence electrons. The van der Waals surface area contributed by atoms with E-state index in [1.54, 1.807) is 19.1 Å². The number of benzene rings is 1. The number of hydrogen-bond donors (Lipinski definition) is 0. The molecule has 0 radical (unpaired) electrons. The Morgan fingerprint density at radius 3 is 2.48 bits per heavy atom. The number of aromatic nitrogens is 1. The summed E-state index contributed by atoms with van der Waals surface area (Å²) in [6.07, 6.45) is 1.88. The molecular weight excluding hydrogens is 322 g/mol. The fourth-order valence-corrected chi connectivity index (χ4v) is 5.78. The van der Waals surface area contributed by atoms with E-state index in [0.29, 0.717) is 16.8 Å². The second kappa shape index (κ2) is 5.92. The Kier molecular flexibility index (Phi) is 4.16. The van der Waals surface area contributed by atoms with Crippen LogP contribution in [-0.2, 0) is 0 Å². The van der Waals surface area contributed by atoms with E-state index in [-0.39, 0.29) is 5.82 Å². The van der Waals surface area contributed by atoms with Gasteiger partial charge in [0.15, 0.2) is 0 Å². The Morgan fingerprint density at radius 1 is 1.24 bits per heavy atom. The summed E-state index contributed by atoms with van der Waals surface area (Å²) < 4.78 is 24.1. The molecule has 2 aromatic rings. The van der Waals surface area contributed by atoms with E-state index in [2.05, 4.69) is 22.3 Å². The normalized spacial score (nSPS) is 13.2. The molecule has 0 unspecified atom stereocenters. The summed E-state index contributed by atoms with van der Waals surface area (Å²) in [5.74, 6) is 5.93. The maximum atomic E-state index is 14.4. The van der Waals surface area contributed by atoms with Crippen LogP contribution in [0.5, 0.6) is 0 Å². The Balaban J connectivity index is 2.69. The average molecular weight is 347 g/mol. The van der Waals surface area contributed by atoms with Crippen LogP contribution in [0.15, 0.2) is 30.5 Å². The van der Waals surface area contributed by atoms with Gasteiger partial charge in [-0.3, -0.25) is 0 Å². The van der Waals surface area contributed by atoms with Crippen LogP contribution in [0.4, 0.5) is 4.39 Å². The van der Waals surface area contributed by atoms with Crippen molar-refractivity contribution in [2.45, 2.75) is 43.9 Å². The molecule has 0 saturated carbocycles. The molecule has 0 N–H and O–H groups in total. The van der Waals surface area contributed by atoms with Crippen LogP contribution in [0, 0.1) is 12.7 Å². The predicted molar refractivity (Wildman–Crippen MR) is 91.4 cm³/mol. The number of aryl methyl sites for hydroxylation is 1. The zero-order valence-corrected chi connectivity index (χ0v) is 15.8. The molecule has 0 aliphatic heterocycles. The van der Waals surface area contributed by atoms with Gasteiger partial charge in [0.05, 0.1) is 0 Å². The Bertz CT molecular complexity index is 699. The minimum absolute atomic E-state index is 0.228. The van der Waals surface area contributed by atoms with E-state index in [4.69, 9.17) is 1.37 Å². The van der Waals surface area contributed by atoms with Gasteiger partial charge < -0.3 is 0 Å². The second-order valence-corrected chi connectivity index (χ2v) is 17.4. The van der Waals surface area contributed by atoms with Crippen molar-refractivity contribution < 1.29 is 5.76 Å². The number of rotatable bonds is 3. The van der Waals surface area contributed by atoms with Gasteiger partial charge in [0, 0.05) is 0 Å². The Morgan fingerprint density at radius 2 is 1.90 bits per heavy atom. The van der Waals surface area contributed by atoms with Gasteiger partial charge in [0.25, 0.3) is 0 Å². The zero-order valence-electron chi connectivity index (χ0n) is 14.7. The van der Waals surface area contributed by atoms with Crippen LogP contribution >= 0.6 is 0 Å². The van der Waals surface area contributed by atoms with Crippen LogP contribution in [0.3, 0.4) is 0 Å². The summed E-state index contributed by atoms with van der Waals surface area (Å²) in [4.78, 5) is 4.52. The SMILES string of the molecule is [2H]C(C)(C)c1cc(-c2cccc(C)c2F)nc[c]1[Ge]([CH3])([CH3])[CH3]. The molecule has 0 atom stereocenters. The van der Waals surface area contributed by atoms with E-state index < -0.39 is 19.2 Å². The molecule has 0 aliphatic carbocycles. The third-order valence-corrected chi connectivity index (χ3v) is 7.94. The van der Waals surface area contributed by atoms with Crippen LogP contribution in [0.2, 0.25) is 17.3 Å². The van der Waals surface area contributed by atoms with Crippen molar-refractivity contribution in [2.24, 2.45) is 0 Å². The quantitative estimate of drug-likeness (QED) is 0.723. The summed E-state index contributed by atoms with van der Waals surface area (Å²) in [7, 11) is 0. The Labute approximate surface area is 131 Å². The molecule has 1 aromatic carbocycles. The van der Waals surface area contributed by atoms with Crippen LogP contribution in [0.1, 0.15) is 32.2 Å². The first-order valence-corrected chi connectivity index (χ1v) is 14.6. The van der Waals surface area contributed by atoms with Crippen molar-refractivity contribution in [1.82, 2.24) is 4.98 Å². The number of nitrogens with zero attached hydrogens (tertiary/aromatic N) is 1. The fourth-order valence-electron chi connectivity index (χ4n) is 2.46. The monoisotopic (exact) mass is 348 g/mol. The van der Waals surface area contributed by atoms with E-state index >= 15 is 0 Å². The molecule has 0 fully saturated rings. The molecule has 1 nitrogen and oxygen atoms in total. The van der Waals surface area contributed by atoms with Gasteiger partial charge in [-0.1, -0.05) is 0 Å². The third kappa shape index (κ3) is 3.37. The van der Waals surface area contributed by atoms with Crippen molar-refractivity contribution in [3.8, 4) is 11.3 Å². The maximum absolute atomic E-state index is 14.4. The van der Waals surface area contributed by atoms with Gasteiger partial charge in [-0.25, -0.2) is 0 Å². The van der Waals surface area contributed by atoms with Gasteiger partial charge in [0.1, 0.15) is 0 Å². The molecule has 0 aliphatic rings. The second-order valence-electron chi connectivity index (χ2n) is 6.80. The van der Waals surface area contributed by atoms with Gasteiger partial charge in [-0.05, 0) is 0 Å². The summed E-state index contributed by atoms with van der Waals surface area (Å²) in [5, 5.41) is 0. The van der Waals surface area contributed by atoms with E-state index in [9.17, 15) is 4.39 Å².